The van der Waals surface area contributed by atoms with Crippen LogP contribution in [0.2, 0.25) is 0 Å². The van der Waals surface area contributed by atoms with Gasteiger partial charge in [-0.1, -0.05) is 112 Å². The van der Waals surface area contributed by atoms with Crippen molar-refractivity contribution >= 4 is 29.0 Å². The number of allylic oxidation sites excluding steroid dienone is 11. The molecule has 25 heavy (non-hydrogen) atoms. The standard InChI is InChI=1S/C22H32O2.Mg.2H/c1-2-3-4-5-6-7-8-9-10-11-12-13-14-15-16-17-18-19-20-21-22(23)24;;;/h10-21H,2-9H2,1H3,(H,23,24);;;. The molecule has 0 aliphatic rings. The number of carboxylic acid groups (broad SMARTS) is 1. The van der Waals surface area contributed by atoms with Crippen molar-refractivity contribution in [1.82, 2.24) is 0 Å². The first kappa shape index (κ1) is 25.9. The summed E-state index contributed by atoms with van der Waals surface area (Å²) in [4.78, 5) is 10.2. The van der Waals surface area contributed by atoms with Gasteiger partial charge >= 0.3 is 29.0 Å². The average Bonchev–Trinajstić information content (AvgIpc) is 2.56. The molecule has 0 radical (unpaired) electrons. The SMILES string of the molecule is CCCCCCCCCC=CC=CC=CC=CC=CC=CC(=O)O.[MgH2]. The second kappa shape index (κ2) is 22.7. The number of carbonyl (C=O) groups is 1. The minimum atomic E-state index is -0.936. The molecule has 0 bridgehead atoms. The molecule has 0 aromatic rings. The lowest BCUT2D eigenvalue weighted by atomic mass is 10.1. The van der Waals surface area contributed by atoms with Crippen LogP contribution in [0.5, 0.6) is 0 Å². The largest absolute Gasteiger partial charge is 0.478 e. The smallest absolute Gasteiger partial charge is 0.328 e. The zero-order valence-electron chi connectivity index (χ0n) is 14.9. The van der Waals surface area contributed by atoms with E-state index < -0.39 is 5.97 Å². The molecule has 0 rings (SSSR count). The minimum Gasteiger partial charge on any atom is -0.478 e. The van der Waals surface area contributed by atoms with Crippen molar-refractivity contribution in [2.45, 2.75) is 58.3 Å². The van der Waals surface area contributed by atoms with Crippen molar-refractivity contribution in [3.8, 4) is 0 Å². The number of aliphatic carboxylic acids is 1. The molecular weight excluding hydrogens is 321 g/mol. The molecule has 0 aliphatic carbocycles. The molecule has 0 saturated heterocycles. The van der Waals surface area contributed by atoms with Gasteiger partial charge in [0, 0.05) is 6.08 Å². The van der Waals surface area contributed by atoms with Crippen LogP contribution in [0.4, 0.5) is 0 Å². The van der Waals surface area contributed by atoms with Crippen LogP contribution < -0.4 is 0 Å². The first-order valence-corrected chi connectivity index (χ1v) is 9.00. The van der Waals surface area contributed by atoms with E-state index in [2.05, 4.69) is 19.1 Å². The van der Waals surface area contributed by atoms with Crippen molar-refractivity contribution < 1.29 is 9.90 Å². The third-order valence-electron chi connectivity index (χ3n) is 3.35. The van der Waals surface area contributed by atoms with Crippen molar-refractivity contribution in [2.24, 2.45) is 0 Å². The van der Waals surface area contributed by atoms with Crippen molar-refractivity contribution in [2.75, 3.05) is 0 Å². The summed E-state index contributed by atoms with van der Waals surface area (Å²) in [7, 11) is 0. The van der Waals surface area contributed by atoms with E-state index in [0.717, 1.165) is 12.5 Å². The molecule has 0 aliphatic heterocycles. The van der Waals surface area contributed by atoms with Gasteiger partial charge in [0.05, 0.1) is 0 Å². The monoisotopic (exact) mass is 354 g/mol. The van der Waals surface area contributed by atoms with E-state index in [1.165, 1.54) is 51.0 Å². The molecule has 0 heterocycles. The fourth-order valence-electron chi connectivity index (χ4n) is 2.05. The van der Waals surface area contributed by atoms with Gasteiger partial charge in [0.15, 0.2) is 0 Å². The highest BCUT2D eigenvalue weighted by atomic mass is 24.3. The predicted molar refractivity (Wildman–Crippen MR) is 114 cm³/mol. The predicted octanol–water partition coefficient (Wildman–Crippen LogP) is 5.63. The summed E-state index contributed by atoms with van der Waals surface area (Å²) in [6, 6.07) is 0. The Bertz CT molecular complexity index is 468. The number of rotatable bonds is 14. The molecule has 0 unspecified atom stereocenters. The average molecular weight is 355 g/mol. The van der Waals surface area contributed by atoms with Crippen LogP contribution in [0.15, 0.2) is 72.9 Å². The highest BCUT2D eigenvalue weighted by molar-refractivity contribution is 5.80. The summed E-state index contributed by atoms with van der Waals surface area (Å²) in [5.41, 5.74) is 0. The molecule has 0 saturated carbocycles. The quantitative estimate of drug-likeness (QED) is 0.190. The molecular formula is C22H34MgO2. The molecule has 1 N–H and O–H groups in total. The summed E-state index contributed by atoms with van der Waals surface area (Å²) in [6.45, 7) is 2.25. The van der Waals surface area contributed by atoms with Crippen molar-refractivity contribution in [3.05, 3.63) is 72.9 Å². The zero-order chi connectivity index (χ0) is 17.7. The van der Waals surface area contributed by atoms with Crippen LogP contribution in [-0.4, -0.2) is 34.1 Å². The van der Waals surface area contributed by atoms with E-state index in [4.69, 9.17) is 5.11 Å². The van der Waals surface area contributed by atoms with Gasteiger partial charge in [0.25, 0.3) is 0 Å². The Morgan fingerprint density at radius 1 is 0.680 bits per heavy atom. The Balaban J connectivity index is 0. The molecule has 3 heteroatoms. The molecule has 0 aromatic heterocycles. The third-order valence-corrected chi connectivity index (χ3v) is 3.35. The third kappa shape index (κ3) is 25.0. The molecule has 0 amide bonds. The van der Waals surface area contributed by atoms with Gasteiger partial charge < -0.3 is 5.11 Å². The molecule has 2 nitrogen and oxygen atoms in total. The van der Waals surface area contributed by atoms with Crippen LogP contribution >= 0.6 is 0 Å². The fraction of sp³-hybridized carbons (Fsp3) is 0.409. The van der Waals surface area contributed by atoms with Gasteiger partial charge in [-0.2, -0.15) is 0 Å². The Morgan fingerprint density at radius 2 is 1.12 bits per heavy atom. The lowest BCUT2D eigenvalue weighted by molar-refractivity contribution is -0.131. The van der Waals surface area contributed by atoms with E-state index >= 15 is 0 Å². The first-order chi connectivity index (χ1) is 11.8. The number of carboxylic acids is 1. The summed E-state index contributed by atoms with van der Waals surface area (Å²) in [5.74, 6) is -0.936. The Morgan fingerprint density at radius 3 is 1.64 bits per heavy atom. The van der Waals surface area contributed by atoms with E-state index in [1.807, 2.05) is 36.5 Å². The molecule has 0 atom stereocenters. The second-order valence-corrected chi connectivity index (χ2v) is 5.58. The Kier molecular flexibility index (Phi) is 23.5. The second-order valence-electron chi connectivity index (χ2n) is 5.58. The van der Waals surface area contributed by atoms with Gasteiger partial charge in [-0.25, -0.2) is 4.79 Å². The highest BCUT2D eigenvalue weighted by Crippen LogP contribution is 2.08. The van der Waals surface area contributed by atoms with E-state index in [0.29, 0.717) is 0 Å². The van der Waals surface area contributed by atoms with Gasteiger partial charge in [-0.05, 0) is 12.8 Å². The lowest BCUT2D eigenvalue weighted by Crippen LogP contribution is -1.84. The van der Waals surface area contributed by atoms with Gasteiger partial charge in [-0.3, -0.25) is 0 Å². The maximum absolute atomic E-state index is 10.2. The normalized spacial score (nSPS) is 12.5. The van der Waals surface area contributed by atoms with Crippen LogP contribution in [-0.2, 0) is 4.79 Å². The molecule has 136 valence electrons. The van der Waals surface area contributed by atoms with Gasteiger partial charge in [0.2, 0.25) is 0 Å². The first-order valence-electron chi connectivity index (χ1n) is 9.00. The molecule has 0 spiro atoms. The zero-order valence-corrected chi connectivity index (χ0v) is 14.9. The summed E-state index contributed by atoms with van der Waals surface area (Å²) in [5, 5.41) is 8.39. The highest BCUT2D eigenvalue weighted by Gasteiger charge is 1.88. The minimum absolute atomic E-state index is 0. The molecule has 0 fully saturated rings. The van der Waals surface area contributed by atoms with Crippen molar-refractivity contribution in [3.63, 3.8) is 0 Å². The van der Waals surface area contributed by atoms with E-state index in [9.17, 15) is 4.79 Å². The number of hydrogen-bond donors (Lipinski definition) is 1. The summed E-state index contributed by atoms with van der Waals surface area (Å²) < 4.78 is 0. The number of hydrogen-bond acceptors (Lipinski definition) is 1. The van der Waals surface area contributed by atoms with Crippen LogP contribution in [0.1, 0.15) is 58.3 Å². The number of unbranched alkanes of at least 4 members (excludes halogenated alkanes) is 7. The van der Waals surface area contributed by atoms with Crippen LogP contribution in [0.3, 0.4) is 0 Å². The van der Waals surface area contributed by atoms with Gasteiger partial charge in [0.1, 0.15) is 0 Å². The lowest BCUT2D eigenvalue weighted by Gasteiger charge is -1.98. The van der Waals surface area contributed by atoms with Crippen LogP contribution in [0, 0.1) is 0 Å². The maximum atomic E-state index is 10.2. The summed E-state index contributed by atoms with van der Waals surface area (Å²) >= 11 is 0. The molecule has 0 aromatic carbocycles. The van der Waals surface area contributed by atoms with Gasteiger partial charge in [-0.15, -0.1) is 0 Å². The van der Waals surface area contributed by atoms with E-state index in [1.54, 1.807) is 12.2 Å². The fourth-order valence-corrected chi connectivity index (χ4v) is 2.05. The van der Waals surface area contributed by atoms with Crippen LogP contribution in [0.25, 0.3) is 0 Å². The Labute approximate surface area is 169 Å². The Hall–Kier alpha value is -1.32. The van der Waals surface area contributed by atoms with E-state index in [-0.39, 0.29) is 23.1 Å². The maximum Gasteiger partial charge on any atom is 0.328 e. The van der Waals surface area contributed by atoms with Crippen molar-refractivity contribution in [1.29, 1.82) is 0 Å². The topological polar surface area (TPSA) is 37.3 Å². The summed E-state index contributed by atoms with van der Waals surface area (Å²) in [6.07, 6.45) is 32.7.